The molecule has 0 aliphatic rings. The number of hydrogen-bond acceptors (Lipinski definition) is 3. The Bertz CT molecular complexity index is 815. The molecule has 0 fully saturated rings. The van der Waals surface area contributed by atoms with Crippen molar-refractivity contribution in [2.45, 2.75) is 0 Å². The fourth-order valence-electron chi connectivity index (χ4n) is 2.17. The lowest BCUT2D eigenvalue weighted by Crippen LogP contribution is -2.21. The predicted molar refractivity (Wildman–Crippen MR) is 77.5 cm³/mol. The zero-order valence-corrected chi connectivity index (χ0v) is 11.8. The van der Waals surface area contributed by atoms with Gasteiger partial charge < -0.3 is 16.1 Å². The molecule has 0 bridgehead atoms. The number of carboxylic acid groups (broad SMARTS) is 1. The lowest BCUT2D eigenvalue weighted by molar-refractivity contribution is -0.254. The minimum atomic E-state index is -1.40. The molecule has 6 heteroatoms. The van der Waals surface area contributed by atoms with E-state index in [1.165, 1.54) is 0 Å². The van der Waals surface area contributed by atoms with E-state index in [0.717, 1.165) is 23.5 Å². The quantitative estimate of drug-likeness (QED) is 0.785. The number of fused-ring (bicyclic) bond motifs is 1. The molecule has 0 amide bonds. The van der Waals surface area contributed by atoms with Crippen LogP contribution in [0.15, 0.2) is 42.5 Å². The van der Waals surface area contributed by atoms with Crippen LogP contribution in [0.2, 0.25) is 0 Å². The monoisotopic (exact) mass is 307 g/mol. The van der Waals surface area contributed by atoms with Crippen molar-refractivity contribution in [3.8, 4) is 11.1 Å². The number of halogens is 2. The summed E-state index contributed by atoms with van der Waals surface area (Å²) in [5.41, 5.74) is 0.798. The molecule has 0 unspecified atom stereocenters. The fraction of sp³-hybridized carbons (Fsp3) is 0. The highest BCUT2D eigenvalue weighted by Gasteiger charge is 2.18. The fourth-order valence-corrected chi connectivity index (χ4v) is 3.27. The Morgan fingerprint density at radius 2 is 1.76 bits per heavy atom. The Morgan fingerprint density at radius 3 is 2.38 bits per heavy atom. The number of benzene rings is 2. The van der Waals surface area contributed by atoms with E-state index in [9.17, 15) is 18.7 Å². The highest BCUT2D eigenvalue weighted by molar-refractivity contribution is 7.21. The van der Waals surface area contributed by atoms with Crippen molar-refractivity contribution >= 4 is 27.4 Å². The molecule has 1 heterocycles. The van der Waals surface area contributed by atoms with Crippen molar-refractivity contribution < 1.29 is 18.7 Å². The predicted octanol–water partition coefficient (Wildman–Crippen LogP) is 3.59. The lowest BCUT2D eigenvalue weighted by Gasteiger charge is -2.06. The van der Waals surface area contributed by atoms with Crippen molar-refractivity contribution in [2.75, 3.05) is 0 Å². The van der Waals surface area contributed by atoms with Gasteiger partial charge in [-0.05, 0) is 11.6 Å². The molecule has 3 aromatic rings. The van der Waals surface area contributed by atoms with E-state index in [1.807, 2.05) is 0 Å². The van der Waals surface area contributed by atoms with Gasteiger partial charge in [0.2, 0.25) is 0 Å². The van der Waals surface area contributed by atoms with Crippen LogP contribution in [-0.2, 0) is 0 Å². The maximum atomic E-state index is 14.0. The summed E-state index contributed by atoms with van der Waals surface area (Å²) in [5.74, 6) is -2.91. The summed E-state index contributed by atoms with van der Waals surface area (Å²) in [4.78, 5) is 11.1. The molecular formula is C15H11F2NO2S. The van der Waals surface area contributed by atoms with Gasteiger partial charge in [-0.3, -0.25) is 0 Å². The molecule has 0 radical (unpaired) electrons. The zero-order valence-electron chi connectivity index (χ0n) is 11.0. The van der Waals surface area contributed by atoms with Gasteiger partial charge in [0.25, 0.3) is 0 Å². The molecule has 0 atom stereocenters. The number of carbonyl (C=O) groups excluding carboxylic acids is 1. The molecule has 4 N–H and O–H groups in total. The summed E-state index contributed by atoms with van der Waals surface area (Å²) >= 11 is 0.813. The number of thiophene rings is 1. The number of quaternary nitrogens is 1. The second-order valence-electron chi connectivity index (χ2n) is 4.22. The van der Waals surface area contributed by atoms with E-state index in [2.05, 4.69) is 0 Å². The van der Waals surface area contributed by atoms with E-state index < -0.39 is 17.6 Å². The highest BCUT2D eigenvalue weighted by atomic mass is 32.1. The smallest absolute Gasteiger partial charge is 0.135 e. The standard InChI is InChI=1S/C15H8F2O2S.H3N/c16-9-6-10(17)13-11(7-9)20-14(15(18)19)12(13)8-4-2-1-3-5-8;/h1-7H,(H,18,19);1H3. The Labute approximate surface area is 123 Å². The van der Waals surface area contributed by atoms with Gasteiger partial charge in [0.15, 0.2) is 0 Å². The van der Waals surface area contributed by atoms with Crippen molar-refractivity contribution in [2.24, 2.45) is 0 Å². The first-order chi connectivity index (χ1) is 9.58. The average molecular weight is 307 g/mol. The van der Waals surface area contributed by atoms with Crippen molar-refractivity contribution in [1.29, 1.82) is 0 Å². The van der Waals surface area contributed by atoms with Crippen LogP contribution in [0.4, 0.5) is 8.78 Å². The van der Waals surface area contributed by atoms with Crippen LogP contribution in [0.5, 0.6) is 0 Å². The normalized spacial score (nSPS) is 10.4. The Balaban J connectivity index is 0.00000161. The van der Waals surface area contributed by atoms with Crippen LogP contribution in [0, 0.1) is 11.6 Å². The molecule has 0 aliphatic carbocycles. The van der Waals surface area contributed by atoms with Gasteiger partial charge in [-0.25, -0.2) is 8.78 Å². The summed E-state index contributed by atoms with van der Waals surface area (Å²) < 4.78 is 27.5. The Kier molecular flexibility index (Phi) is 4.02. The molecule has 1 aromatic heterocycles. The number of aromatic carboxylic acids is 1. The first kappa shape index (κ1) is 15.1. The van der Waals surface area contributed by atoms with Gasteiger partial charge in [-0.2, -0.15) is 0 Å². The van der Waals surface area contributed by atoms with Crippen LogP contribution >= 0.6 is 11.3 Å². The number of hydrogen-bond donors (Lipinski definition) is 1. The first-order valence-electron chi connectivity index (χ1n) is 5.76. The van der Waals surface area contributed by atoms with Crippen LogP contribution < -0.4 is 11.3 Å². The summed E-state index contributed by atoms with van der Waals surface area (Å²) in [6.45, 7) is 0. The minimum absolute atomic E-state index is 0. The third kappa shape index (κ3) is 2.51. The van der Waals surface area contributed by atoms with Crippen molar-refractivity contribution in [3.05, 3.63) is 59.0 Å². The molecule has 108 valence electrons. The number of carbonyl (C=O) groups is 1. The molecule has 0 aliphatic heterocycles. The summed E-state index contributed by atoms with van der Waals surface area (Å²) in [5, 5.41) is 11.4. The SMILES string of the molecule is O=C([O-])c1sc2cc(F)cc(F)c2c1-c1ccccc1.[NH4+]. The van der Waals surface area contributed by atoms with Gasteiger partial charge in [0.1, 0.15) is 11.6 Å². The minimum Gasteiger partial charge on any atom is -0.544 e. The largest absolute Gasteiger partial charge is 0.544 e. The van der Waals surface area contributed by atoms with E-state index in [0.29, 0.717) is 5.56 Å². The van der Waals surface area contributed by atoms with E-state index in [1.54, 1.807) is 30.3 Å². The van der Waals surface area contributed by atoms with Crippen molar-refractivity contribution in [3.63, 3.8) is 0 Å². The second kappa shape index (κ2) is 5.59. The van der Waals surface area contributed by atoms with Crippen LogP contribution in [0.25, 0.3) is 21.2 Å². The van der Waals surface area contributed by atoms with Crippen LogP contribution in [0.3, 0.4) is 0 Å². The molecule has 3 nitrogen and oxygen atoms in total. The van der Waals surface area contributed by atoms with Gasteiger partial charge in [-0.15, -0.1) is 11.3 Å². The third-order valence-electron chi connectivity index (χ3n) is 2.96. The molecule has 21 heavy (non-hydrogen) atoms. The number of carboxylic acids is 1. The Morgan fingerprint density at radius 1 is 1.10 bits per heavy atom. The molecular weight excluding hydrogens is 296 g/mol. The molecule has 0 saturated heterocycles. The highest BCUT2D eigenvalue weighted by Crippen LogP contribution is 2.40. The van der Waals surface area contributed by atoms with Gasteiger partial charge in [-0.1, -0.05) is 30.3 Å². The third-order valence-corrected chi connectivity index (χ3v) is 4.07. The average Bonchev–Trinajstić information content (AvgIpc) is 2.79. The van der Waals surface area contributed by atoms with Crippen LogP contribution in [0.1, 0.15) is 9.67 Å². The van der Waals surface area contributed by atoms with Gasteiger partial charge in [0, 0.05) is 21.7 Å². The molecule has 0 spiro atoms. The Hall–Kier alpha value is -2.31. The van der Waals surface area contributed by atoms with Gasteiger partial charge >= 0.3 is 0 Å². The molecule has 0 saturated carbocycles. The summed E-state index contributed by atoms with van der Waals surface area (Å²) in [6, 6.07) is 10.4. The maximum absolute atomic E-state index is 14.0. The van der Waals surface area contributed by atoms with E-state index in [4.69, 9.17) is 0 Å². The second-order valence-corrected chi connectivity index (χ2v) is 5.27. The number of rotatable bonds is 2. The molecule has 2 aromatic carbocycles. The lowest BCUT2D eigenvalue weighted by atomic mass is 10.0. The summed E-state index contributed by atoms with van der Waals surface area (Å²) in [6.07, 6.45) is 0. The summed E-state index contributed by atoms with van der Waals surface area (Å²) in [7, 11) is 0. The molecule has 3 rings (SSSR count). The van der Waals surface area contributed by atoms with E-state index in [-0.39, 0.29) is 26.7 Å². The topological polar surface area (TPSA) is 76.6 Å². The zero-order chi connectivity index (χ0) is 14.3. The van der Waals surface area contributed by atoms with Crippen molar-refractivity contribution in [1.82, 2.24) is 6.15 Å². The van der Waals surface area contributed by atoms with Gasteiger partial charge in [0.05, 0.1) is 10.8 Å². The maximum Gasteiger partial charge on any atom is 0.135 e. The first-order valence-corrected chi connectivity index (χ1v) is 6.58. The van der Waals surface area contributed by atoms with Crippen LogP contribution in [-0.4, -0.2) is 5.97 Å². The van der Waals surface area contributed by atoms with E-state index >= 15 is 0 Å².